The molecular weight excluding hydrogens is 286 g/mol. The highest BCUT2D eigenvalue weighted by Gasteiger charge is 2.38. The summed E-state index contributed by atoms with van der Waals surface area (Å²) in [4.78, 5) is 12.8. The van der Waals surface area contributed by atoms with Gasteiger partial charge in [-0.3, -0.25) is 9.36 Å². The van der Waals surface area contributed by atoms with Gasteiger partial charge in [-0.15, -0.1) is 0 Å². The zero-order chi connectivity index (χ0) is 15.5. The molecule has 1 aliphatic rings. The van der Waals surface area contributed by atoms with Crippen LogP contribution in [0.1, 0.15) is 50.4 Å². The number of aromatic hydroxyl groups is 1. The first-order valence-electron chi connectivity index (χ1n) is 7.05. The van der Waals surface area contributed by atoms with Gasteiger partial charge in [0.2, 0.25) is 0 Å². The van der Waals surface area contributed by atoms with E-state index in [0.717, 1.165) is 16.9 Å². The Bertz CT molecular complexity index is 803. The van der Waals surface area contributed by atoms with Crippen LogP contribution in [0.5, 0.6) is 5.75 Å². The first kappa shape index (κ1) is 14.2. The number of aromatic nitrogens is 1. The fourth-order valence-electron chi connectivity index (χ4n) is 3.19. The van der Waals surface area contributed by atoms with E-state index in [9.17, 15) is 9.90 Å². The Morgan fingerprint density at radius 2 is 1.90 bits per heavy atom. The summed E-state index contributed by atoms with van der Waals surface area (Å²) in [7, 11) is 0. The van der Waals surface area contributed by atoms with E-state index in [4.69, 9.17) is 11.6 Å². The second-order valence-electron chi connectivity index (χ2n) is 6.41. The van der Waals surface area contributed by atoms with Crippen LogP contribution in [0, 0.1) is 0 Å². The maximum Gasteiger partial charge on any atom is 0.262 e. The van der Waals surface area contributed by atoms with E-state index in [1.807, 2.05) is 39.8 Å². The zero-order valence-corrected chi connectivity index (χ0v) is 13.3. The highest BCUT2D eigenvalue weighted by atomic mass is 35.5. The topological polar surface area (TPSA) is 42.2 Å². The summed E-state index contributed by atoms with van der Waals surface area (Å²) >= 11 is 6.11. The van der Waals surface area contributed by atoms with Crippen LogP contribution in [-0.2, 0) is 5.41 Å². The third kappa shape index (κ3) is 1.84. The van der Waals surface area contributed by atoms with Crippen LogP contribution in [0.3, 0.4) is 0 Å². The number of benzene rings is 1. The number of fused-ring (bicyclic) bond motifs is 3. The molecule has 2 heterocycles. The van der Waals surface area contributed by atoms with Crippen molar-refractivity contribution in [2.75, 3.05) is 0 Å². The Morgan fingerprint density at radius 1 is 1.24 bits per heavy atom. The van der Waals surface area contributed by atoms with E-state index in [1.165, 1.54) is 0 Å². The number of hydrogen-bond donors (Lipinski definition) is 1. The van der Waals surface area contributed by atoms with Crippen LogP contribution in [-0.4, -0.2) is 9.67 Å². The number of halogens is 1. The second kappa shape index (κ2) is 4.38. The molecule has 3 rings (SSSR count). The Balaban J connectivity index is 2.45. The molecule has 1 N–H and O–H groups in total. The van der Waals surface area contributed by atoms with Crippen molar-refractivity contribution >= 4 is 11.6 Å². The molecule has 0 bridgehead atoms. The lowest BCUT2D eigenvalue weighted by atomic mass is 9.83. The predicted octanol–water partition coefficient (Wildman–Crippen LogP) is 3.96. The van der Waals surface area contributed by atoms with Gasteiger partial charge in [0, 0.05) is 22.2 Å². The second-order valence-corrected chi connectivity index (χ2v) is 6.85. The molecule has 0 saturated heterocycles. The van der Waals surface area contributed by atoms with Crippen LogP contribution in [0.25, 0.3) is 5.69 Å². The molecule has 0 saturated carbocycles. The third-order valence-corrected chi connectivity index (χ3v) is 4.55. The van der Waals surface area contributed by atoms with E-state index >= 15 is 0 Å². The van der Waals surface area contributed by atoms with Crippen LogP contribution in [0.2, 0.25) is 5.02 Å². The molecule has 2 aromatic rings. The summed E-state index contributed by atoms with van der Waals surface area (Å²) in [6, 6.07) is 7.28. The van der Waals surface area contributed by atoms with E-state index in [1.54, 1.807) is 16.7 Å². The summed E-state index contributed by atoms with van der Waals surface area (Å²) in [5, 5.41) is 10.9. The quantitative estimate of drug-likeness (QED) is 0.866. The number of hydrogen-bond acceptors (Lipinski definition) is 2. The average molecular weight is 304 g/mol. The van der Waals surface area contributed by atoms with E-state index in [0.29, 0.717) is 10.6 Å². The van der Waals surface area contributed by atoms with Crippen molar-refractivity contribution in [3.8, 4) is 11.4 Å². The van der Waals surface area contributed by atoms with Crippen LogP contribution < -0.4 is 5.56 Å². The van der Waals surface area contributed by atoms with Gasteiger partial charge in [-0.2, -0.15) is 0 Å². The lowest BCUT2D eigenvalue weighted by Gasteiger charge is -2.21. The van der Waals surface area contributed by atoms with Gasteiger partial charge in [0.05, 0.1) is 11.3 Å². The van der Waals surface area contributed by atoms with Crippen LogP contribution in [0.15, 0.2) is 29.1 Å². The molecular formula is C17H18ClNO2. The van der Waals surface area contributed by atoms with Gasteiger partial charge in [-0.1, -0.05) is 39.3 Å². The minimum absolute atomic E-state index is 0.0326. The summed E-state index contributed by atoms with van der Waals surface area (Å²) < 4.78 is 1.71. The van der Waals surface area contributed by atoms with Gasteiger partial charge in [0.15, 0.2) is 0 Å². The molecule has 4 heteroatoms. The summed E-state index contributed by atoms with van der Waals surface area (Å²) in [5.74, 6) is 0.0444. The Kier molecular flexibility index (Phi) is 2.96. The SMILES string of the molecule is CC(C)c1c(O)cc2n(c1=O)-c1ccc(Cl)cc1C2(C)C. The molecule has 0 spiro atoms. The normalized spacial score (nSPS) is 15.1. The average Bonchev–Trinajstić information content (AvgIpc) is 2.58. The van der Waals surface area contributed by atoms with Crippen molar-refractivity contribution in [1.82, 2.24) is 4.57 Å². The number of rotatable bonds is 1. The first-order chi connectivity index (χ1) is 9.75. The maximum absolute atomic E-state index is 12.8. The minimum Gasteiger partial charge on any atom is -0.507 e. The van der Waals surface area contributed by atoms with E-state index < -0.39 is 0 Å². The Hall–Kier alpha value is -1.74. The molecule has 0 amide bonds. The lowest BCUT2D eigenvalue weighted by molar-refractivity contribution is 0.457. The van der Waals surface area contributed by atoms with Gasteiger partial charge in [-0.25, -0.2) is 0 Å². The smallest absolute Gasteiger partial charge is 0.262 e. The monoisotopic (exact) mass is 303 g/mol. The van der Waals surface area contributed by atoms with Crippen molar-refractivity contribution in [2.45, 2.75) is 39.0 Å². The fourth-order valence-corrected chi connectivity index (χ4v) is 3.37. The van der Waals surface area contributed by atoms with E-state index in [2.05, 4.69) is 0 Å². The summed E-state index contributed by atoms with van der Waals surface area (Å²) in [6.45, 7) is 7.89. The molecule has 0 atom stereocenters. The summed E-state index contributed by atoms with van der Waals surface area (Å²) in [6.07, 6.45) is 0. The molecule has 1 aromatic heterocycles. The lowest BCUT2D eigenvalue weighted by Crippen LogP contribution is -2.26. The molecule has 0 unspecified atom stereocenters. The van der Waals surface area contributed by atoms with Gasteiger partial charge < -0.3 is 5.11 Å². The van der Waals surface area contributed by atoms with Crippen LogP contribution >= 0.6 is 11.6 Å². The predicted molar refractivity (Wildman–Crippen MR) is 84.9 cm³/mol. The highest BCUT2D eigenvalue weighted by molar-refractivity contribution is 6.30. The van der Waals surface area contributed by atoms with Crippen molar-refractivity contribution in [1.29, 1.82) is 0 Å². The fraction of sp³-hybridized carbons (Fsp3) is 0.353. The molecule has 0 fully saturated rings. The zero-order valence-electron chi connectivity index (χ0n) is 12.6. The molecule has 21 heavy (non-hydrogen) atoms. The largest absolute Gasteiger partial charge is 0.507 e. The maximum atomic E-state index is 12.8. The highest BCUT2D eigenvalue weighted by Crippen LogP contribution is 2.44. The van der Waals surface area contributed by atoms with Gasteiger partial charge in [0.25, 0.3) is 5.56 Å². The van der Waals surface area contributed by atoms with Gasteiger partial charge in [-0.05, 0) is 29.7 Å². The van der Waals surface area contributed by atoms with Crippen LogP contribution in [0.4, 0.5) is 0 Å². The molecule has 110 valence electrons. The molecule has 0 aliphatic carbocycles. The summed E-state index contributed by atoms with van der Waals surface area (Å²) in [5.41, 5.74) is 2.60. The number of pyridine rings is 1. The Labute approximate surface area is 128 Å². The molecule has 1 aliphatic heterocycles. The first-order valence-corrected chi connectivity index (χ1v) is 7.42. The standard InChI is InChI=1S/C17H18ClNO2/c1-9(2)15-13(20)8-14-17(3,4)11-7-10(18)5-6-12(11)19(14)16(15)21/h5-9,20H,1-4H3. The van der Waals surface area contributed by atoms with Gasteiger partial charge >= 0.3 is 0 Å². The van der Waals surface area contributed by atoms with Crippen molar-refractivity contribution < 1.29 is 5.11 Å². The van der Waals surface area contributed by atoms with Crippen molar-refractivity contribution in [3.63, 3.8) is 0 Å². The van der Waals surface area contributed by atoms with Gasteiger partial charge in [0.1, 0.15) is 5.75 Å². The molecule has 1 aromatic carbocycles. The van der Waals surface area contributed by atoms with Crippen molar-refractivity contribution in [2.24, 2.45) is 0 Å². The molecule has 3 nitrogen and oxygen atoms in total. The van der Waals surface area contributed by atoms with Crippen molar-refractivity contribution in [3.05, 3.63) is 56.5 Å². The molecule has 0 radical (unpaired) electrons. The Morgan fingerprint density at radius 3 is 2.52 bits per heavy atom. The number of nitrogens with zero attached hydrogens (tertiary/aromatic N) is 1. The minimum atomic E-state index is -0.369. The van der Waals surface area contributed by atoms with E-state index in [-0.39, 0.29) is 22.6 Å². The third-order valence-electron chi connectivity index (χ3n) is 4.31.